The largest absolute Gasteiger partial charge is 0.486 e. The number of hydrogen-bond acceptors (Lipinski definition) is 6. The average molecular weight is 421 g/mol. The molecule has 2 heterocycles. The molecule has 2 aromatic rings. The topological polar surface area (TPSA) is 78.3 Å². The molecule has 0 radical (unpaired) electrons. The van der Waals surface area contributed by atoms with E-state index in [0.717, 1.165) is 19.4 Å². The molecule has 2 atom stereocenters. The number of hydrogen-bond donors (Lipinski definition) is 1. The summed E-state index contributed by atoms with van der Waals surface area (Å²) in [5.74, 6) is 0.750. The van der Waals surface area contributed by atoms with E-state index in [2.05, 4.69) is 22.1 Å². The molecule has 1 aromatic carbocycles. The summed E-state index contributed by atoms with van der Waals surface area (Å²) in [5.41, 5.74) is 0. The van der Waals surface area contributed by atoms with Crippen molar-refractivity contribution in [2.45, 2.75) is 49.4 Å². The SMILES string of the molecule is C=CCn1c(COc2ccc(F)cc2)nnc1S[C@@H](C)C(=O)NC[C@@H]1CCCO1. The molecule has 0 unspecified atom stereocenters. The standard InChI is InChI=1S/C20H25FN4O3S/c1-3-10-25-18(13-28-16-8-6-15(21)7-9-16)23-24-20(25)29-14(2)19(26)22-12-17-5-4-11-27-17/h3,6-9,14,17H,1,4-5,10-13H2,2H3,(H,22,26)/t14-,17-/m0/s1. The lowest BCUT2D eigenvalue weighted by atomic mass is 10.2. The Labute approximate surface area is 173 Å². The number of nitrogens with zero attached hydrogens (tertiary/aromatic N) is 3. The minimum absolute atomic E-state index is 0.0669. The summed E-state index contributed by atoms with van der Waals surface area (Å²) in [6.07, 6.45) is 3.86. The van der Waals surface area contributed by atoms with Crippen LogP contribution in [0.2, 0.25) is 0 Å². The Morgan fingerprint density at radius 3 is 2.97 bits per heavy atom. The molecular weight excluding hydrogens is 395 g/mol. The number of thioether (sulfide) groups is 1. The van der Waals surface area contributed by atoms with Gasteiger partial charge in [-0.05, 0) is 44.0 Å². The monoisotopic (exact) mass is 420 g/mol. The van der Waals surface area contributed by atoms with Gasteiger partial charge in [0.25, 0.3) is 0 Å². The van der Waals surface area contributed by atoms with Crippen molar-refractivity contribution >= 4 is 17.7 Å². The van der Waals surface area contributed by atoms with Crippen LogP contribution >= 0.6 is 11.8 Å². The third kappa shape index (κ3) is 6.04. The number of amides is 1. The molecule has 1 saturated heterocycles. The fraction of sp³-hybridized carbons (Fsp3) is 0.450. The average Bonchev–Trinajstić information content (AvgIpc) is 3.37. The van der Waals surface area contributed by atoms with Crippen LogP contribution < -0.4 is 10.1 Å². The minimum Gasteiger partial charge on any atom is -0.486 e. The summed E-state index contributed by atoms with van der Waals surface area (Å²) in [5, 5.41) is 11.6. The number of carbonyl (C=O) groups excluding carboxylic acids is 1. The molecular formula is C20H25FN4O3S. The number of rotatable bonds is 10. The van der Waals surface area contributed by atoms with E-state index in [9.17, 15) is 9.18 Å². The zero-order valence-electron chi connectivity index (χ0n) is 16.3. The molecule has 0 bridgehead atoms. The number of allylic oxidation sites excluding steroid dienone is 1. The number of benzene rings is 1. The lowest BCUT2D eigenvalue weighted by Gasteiger charge is -2.15. The summed E-state index contributed by atoms with van der Waals surface area (Å²) in [7, 11) is 0. The fourth-order valence-electron chi connectivity index (χ4n) is 2.88. The van der Waals surface area contributed by atoms with Crippen molar-refractivity contribution in [2.24, 2.45) is 0 Å². The van der Waals surface area contributed by atoms with E-state index in [4.69, 9.17) is 9.47 Å². The number of aromatic nitrogens is 3. The van der Waals surface area contributed by atoms with Crippen molar-refractivity contribution in [1.82, 2.24) is 20.1 Å². The predicted molar refractivity (Wildman–Crippen MR) is 108 cm³/mol. The minimum atomic E-state index is -0.338. The Hall–Kier alpha value is -2.39. The molecule has 1 aliphatic rings. The third-order valence-electron chi connectivity index (χ3n) is 4.47. The maximum Gasteiger partial charge on any atom is 0.233 e. The summed E-state index contributed by atoms with van der Waals surface area (Å²) in [6.45, 7) is 7.55. The molecule has 1 N–H and O–H groups in total. The van der Waals surface area contributed by atoms with Crippen molar-refractivity contribution in [3.05, 3.63) is 48.6 Å². The lowest BCUT2D eigenvalue weighted by Crippen LogP contribution is -2.36. The zero-order valence-corrected chi connectivity index (χ0v) is 17.2. The van der Waals surface area contributed by atoms with Crippen molar-refractivity contribution in [3.63, 3.8) is 0 Å². The smallest absolute Gasteiger partial charge is 0.233 e. The molecule has 0 aliphatic carbocycles. The Balaban J connectivity index is 1.58. The van der Waals surface area contributed by atoms with Crippen LogP contribution in [0.15, 0.2) is 42.1 Å². The first-order chi connectivity index (χ1) is 14.1. The Morgan fingerprint density at radius 1 is 1.48 bits per heavy atom. The zero-order chi connectivity index (χ0) is 20.6. The van der Waals surface area contributed by atoms with Gasteiger partial charge in [0.15, 0.2) is 11.0 Å². The van der Waals surface area contributed by atoms with E-state index in [1.165, 1.54) is 23.9 Å². The van der Waals surface area contributed by atoms with Gasteiger partial charge in [0.05, 0.1) is 11.4 Å². The van der Waals surface area contributed by atoms with Gasteiger partial charge in [-0.15, -0.1) is 16.8 Å². The Morgan fingerprint density at radius 2 is 2.28 bits per heavy atom. The lowest BCUT2D eigenvalue weighted by molar-refractivity contribution is -0.120. The van der Waals surface area contributed by atoms with Gasteiger partial charge in [0.1, 0.15) is 18.2 Å². The van der Waals surface area contributed by atoms with Gasteiger partial charge in [0, 0.05) is 19.7 Å². The molecule has 1 aromatic heterocycles. The van der Waals surface area contributed by atoms with Crippen molar-refractivity contribution in [2.75, 3.05) is 13.2 Å². The molecule has 0 saturated carbocycles. The van der Waals surface area contributed by atoms with Gasteiger partial charge in [0.2, 0.25) is 5.91 Å². The fourth-order valence-corrected chi connectivity index (χ4v) is 3.78. The Bertz CT molecular complexity index is 822. The van der Waals surface area contributed by atoms with Gasteiger partial charge in [-0.3, -0.25) is 9.36 Å². The van der Waals surface area contributed by atoms with Crippen LogP contribution in [0.3, 0.4) is 0 Å². The van der Waals surface area contributed by atoms with E-state index in [1.807, 2.05) is 11.5 Å². The summed E-state index contributed by atoms with van der Waals surface area (Å²) in [4.78, 5) is 12.4. The van der Waals surface area contributed by atoms with Crippen LogP contribution in [0.4, 0.5) is 4.39 Å². The van der Waals surface area contributed by atoms with Crippen molar-refractivity contribution < 1.29 is 18.7 Å². The highest BCUT2D eigenvalue weighted by Crippen LogP contribution is 2.23. The summed E-state index contributed by atoms with van der Waals surface area (Å²) in [6, 6.07) is 5.78. The number of halogens is 1. The maximum absolute atomic E-state index is 13.0. The molecule has 9 heteroatoms. The highest BCUT2D eigenvalue weighted by molar-refractivity contribution is 8.00. The molecule has 3 rings (SSSR count). The van der Waals surface area contributed by atoms with Gasteiger partial charge >= 0.3 is 0 Å². The molecule has 7 nitrogen and oxygen atoms in total. The second-order valence-corrected chi connectivity index (χ2v) is 7.99. The van der Waals surface area contributed by atoms with Gasteiger partial charge in [-0.1, -0.05) is 17.8 Å². The van der Waals surface area contributed by atoms with E-state index < -0.39 is 0 Å². The molecule has 0 spiro atoms. The normalized spacial score (nSPS) is 17.1. The highest BCUT2D eigenvalue weighted by atomic mass is 32.2. The van der Waals surface area contributed by atoms with E-state index in [1.54, 1.807) is 18.2 Å². The number of carbonyl (C=O) groups is 1. The summed E-state index contributed by atoms with van der Waals surface area (Å²) >= 11 is 1.33. The van der Waals surface area contributed by atoms with Crippen LogP contribution in [0.25, 0.3) is 0 Å². The van der Waals surface area contributed by atoms with Crippen LogP contribution in [0, 0.1) is 5.82 Å². The second kappa shape index (κ2) is 10.4. The van der Waals surface area contributed by atoms with Crippen molar-refractivity contribution in [1.29, 1.82) is 0 Å². The van der Waals surface area contributed by atoms with Gasteiger partial charge in [-0.2, -0.15) is 0 Å². The maximum atomic E-state index is 13.0. The molecule has 29 heavy (non-hydrogen) atoms. The van der Waals surface area contributed by atoms with E-state index in [0.29, 0.717) is 29.8 Å². The van der Waals surface area contributed by atoms with Crippen LogP contribution in [-0.4, -0.2) is 45.2 Å². The third-order valence-corrected chi connectivity index (χ3v) is 5.55. The molecule has 156 valence electrons. The van der Waals surface area contributed by atoms with Crippen LogP contribution in [0.5, 0.6) is 5.75 Å². The molecule has 1 fully saturated rings. The van der Waals surface area contributed by atoms with Crippen LogP contribution in [-0.2, 0) is 22.7 Å². The van der Waals surface area contributed by atoms with Gasteiger partial charge < -0.3 is 14.8 Å². The molecule has 1 amide bonds. The first-order valence-electron chi connectivity index (χ1n) is 9.54. The van der Waals surface area contributed by atoms with Crippen molar-refractivity contribution in [3.8, 4) is 5.75 Å². The Kier molecular flexibility index (Phi) is 7.65. The first-order valence-corrected chi connectivity index (χ1v) is 10.4. The summed E-state index contributed by atoms with van der Waals surface area (Å²) < 4.78 is 26.1. The first kappa shape index (κ1) is 21.3. The predicted octanol–water partition coefficient (Wildman–Crippen LogP) is 2.96. The number of ether oxygens (including phenoxy) is 2. The highest BCUT2D eigenvalue weighted by Gasteiger charge is 2.22. The van der Waals surface area contributed by atoms with E-state index >= 15 is 0 Å². The van der Waals surface area contributed by atoms with E-state index in [-0.39, 0.29) is 29.7 Å². The molecule has 1 aliphatic heterocycles. The second-order valence-electron chi connectivity index (χ2n) is 6.68. The van der Waals surface area contributed by atoms with Gasteiger partial charge in [-0.25, -0.2) is 4.39 Å². The number of nitrogens with one attached hydrogen (secondary N) is 1. The quantitative estimate of drug-likeness (QED) is 0.470. The van der Waals surface area contributed by atoms with Crippen LogP contribution in [0.1, 0.15) is 25.6 Å².